The molecular formula is C18H25NO2. The van der Waals surface area contributed by atoms with E-state index < -0.39 is 0 Å². The summed E-state index contributed by atoms with van der Waals surface area (Å²) in [7, 11) is 1.71. The maximum absolute atomic E-state index is 8.80. The molecule has 3 nitrogen and oxygen atoms in total. The van der Waals surface area contributed by atoms with Crippen molar-refractivity contribution in [3.05, 3.63) is 29.3 Å². The number of rotatable bonds is 4. The monoisotopic (exact) mass is 287 g/mol. The van der Waals surface area contributed by atoms with E-state index in [0.717, 1.165) is 24.4 Å². The van der Waals surface area contributed by atoms with Crippen molar-refractivity contribution in [1.82, 2.24) is 4.90 Å². The maximum atomic E-state index is 8.80. The molecule has 21 heavy (non-hydrogen) atoms. The van der Waals surface area contributed by atoms with Gasteiger partial charge in [0.15, 0.2) is 0 Å². The average Bonchev–Trinajstić information content (AvgIpc) is 2.79. The third-order valence-corrected chi connectivity index (χ3v) is 4.18. The van der Waals surface area contributed by atoms with E-state index in [1.807, 2.05) is 12.1 Å². The Bertz CT molecular complexity index is 540. The van der Waals surface area contributed by atoms with Crippen molar-refractivity contribution in [2.24, 2.45) is 0 Å². The number of nitrogens with zero attached hydrogens (tertiary/aromatic N) is 1. The van der Waals surface area contributed by atoms with Crippen LogP contribution in [0.2, 0.25) is 0 Å². The largest absolute Gasteiger partial charge is 0.496 e. The molecule has 0 amide bonds. The first kappa shape index (κ1) is 15.9. The van der Waals surface area contributed by atoms with E-state index in [0.29, 0.717) is 6.42 Å². The molecule has 1 aromatic carbocycles. The van der Waals surface area contributed by atoms with E-state index in [-0.39, 0.29) is 12.1 Å². The molecule has 1 saturated heterocycles. The summed E-state index contributed by atoms with van der Waals surface area (Å²) in [6.07, 6.45) is 3.01. The predicted octanol–water partition coefficient (Wildman–Crippen LogP) is 2.80. The van der Waals surface area contributed by atoms with Crippen LogP contribution in [0.25, 0.3) is 0 Å². The minimum atomic E-state index is 0.109. The number of aliphatic hydroxyl groups is 1. The highest BCUT2D eigenvalue weighted by Gasteiger charge is 2.32. The Labute approximate surface area is 127 Å². The van der Waals surface area contributed by atoms with Crippen LogP contribution in [0.1, 0.15) is 44.2 Å². The van der Waals surface area contributed by atoms with Crippen LogP contribution in [0.5, 0.6) is 5.75 Å². The molecule has 0 radical (unpaired) electrons. The summed E-state index contributed by atoms with van der Waals surface area (Å²) < 4.78 is 5.49. The molecule has 0 unspecified atom stereocenters. The summed E-state index contributed by atoms with van der Waals surface area (Å²) in [6, 6.07) is 6.07. The summed E-state index contributed by atoms with van der Waals surface area (Å²) in [5.41, 5.74) is 2.42. The van der Waals surface area contributed by atoms with Gasteiger partial charge in [0.1, 0.15) is 5.75 Å². The predicted molar refractivity (Wildman–Crippen MR) is 85.3 cm³/mol. The number of benzene rings is 1. The summed E-state index contributed by atoms with van der Waals surface area (Å²) >= 11 is 0. The van der Waals surface area contributed by atoms with E-state index in [4.69, 9.17) is 9.84 Å². The Kier molecular flexibility index (Phi) is 5.27. The lowest BCUT2D eigenvalue weighted by molar-refractivity contribution is 0.165. The Hall–Kier alpha value is -1.50. The average molecular weight is 287 g/mol. The minimum absolute atomic E-state index is 0.109. The van der Waals surface area contributed by atoms with Crippen LogP contribution >= 0.6 is 0 Å². The second kappa shape index (κ2) is 6.98. The molecule has 1 N–H and O–H groups in total. The second-order valence-corrected chi connectivity index (χ2v) is 6.14. The van der Waals surface area contributed by atoms with Crippen LogP contribution in [-0.2, 0) is 6.54 Å². The van der Waals surface area contributed by atoms with Crippen molar-refractivity contribution in [3.63, 3.8) is 0 Å². The molecule has 0 atom stereocenters. The topological polar surface area (TPSA) is 32.7 Å². The van der Waals surface area contributed by atoms with Crippen LogP contribution in [0.15, 0.2) is 18.2 Å². The highest BCUT2D eigenvalue weighted by atomic mass is 16.5. The van der Waals surface area contributed by atoms with Gasteiger partial charge in [-0.05, 0) is 51.4 Å². The number of likely N-dealkylation sites (tertiary alicyclic amines) is 1. The molecule has 0 saturated carbocycles. The van der Waals surface area contributed by atoms with Crippen molar-refractivity contribution < 1.29 is 9.84 Å². The van der Waals surface area contributed by atoms with Gasteiger partial charge in [-0.15, -0.1) is 0 Å². The van der Waals surface area contributed by atoms with Gasteiger partial charge in [0.05, 0.1) is 13.7 Å². The van der Waals surface area contributed by atoms with E-state index in [1.54, 1.807) is 7.11 Å². The second-order valence-electron chi connectivity index (χ2n) is 6.14. The highest BCUT2D eigenvalue weighted by molar-refractivity contribution is 5.44. The quantitative estimate of drug-likeness (QED) is 0.864. The molecule has 0 aliphatic carbocycles. The number of hydrogen-bond donors (Lipinski definition) is 1. The summed E-state index contributed by atoms with van der Waals surface area (Å²) in [5, 5.41) is 8.80. The molecule has 0 bridgehead atoms. The van der Waals surface area contributed by atoms with Crippen molar-refractivity contribution in [2.45, 2.75) is 45.2 Å². The summed E-state index contributed by atoms with van der Waals surface area (Å²) in [4.78, 5) is 2.51. The van der Waals surface area contributed by atoms with Gasteiger partial charge in [0, 0.05) is 29.6 Å². The molecule has 0 aromatic heterocycles. The van der Waals surface area contributed by atoms with Crippen molar-refractivity contribution in [3.8, 4) is 17.6 Å². The van der Waals surface area contributed by atoms with E-state index in [1.165, 1.54) is 18.4 Å². The zero-order chi connectivity index (χ0) is 15.3. The number of hydrogen-bond acceptors (Lipinski definition) is 3. The number of aliphatic hydroxyl groups excluding tert-OH is 1. The van der Waals surface area contributed by atoms with Gasteiger partial charge in [-0.2, -0.15) is 0 Å². The number of methoxy groups -OCH3 is 1. The zero-order valence-electron chi connectivity index (χ0n) is 13.3. The first-order valence-corrected chi connectivity index (χ1v) is 7.58. The van der Waals surface area contributed by atoms with E-state index in [9.17, 15) is 0 Å². The first-order valence-electron chi connectivity index (χ1n) is 7.58. The molecular weight excluding hydrogens is 262 g/mol. The lowest BCUT2D eigenvalue weighted by atomic mass is 10.0. The summed E-state index contributed by atoms with van der Waals surface area (Å²) in [6.45, 7) is 6.75. The smallest absolute Gasteiger partial charge is 0.123 e. The van der Waals surface area contributed by atoms with E-state index >= 15 is 0 Å². The molecule has 1 fully saturated rings. The standard InChI is InChI=1S/C18H25NO2/c1-18(2)10-6-11-19(18)14-16-13-15(7-4-5-12-20)8-9-17(16)21-3/h8-9,13,20H,5-6,10-12,14H2,1-3H3. The molecule has 114 valence electrons. The van der Waals surface area contributed by atoms with Gasteiger partial charge in [-0.3, -0.25) is 4.90 Å². The van der Waals surface area contributed by atoms with Gasteiger partial charge >= 0.3 is 0 Å². The molecule has 3 heteroatoms. The van der Waals surface area contributed by atoms with Gasteiger partial charge in [-0.25, -0.2) is 0 Å². The van der Waals surface area contributed by atoms with Gasteiger partial charge in [-0.1, -0.05) is 11.8 Å². The normalized spacial score (nSPS) is 17.3. The first-order chi connectivity index (χ1) is 10.1. The maximum Gasteiger partial charge on any atom is 0.123 e. The fourth-order valence-electron chi connectivity index (χ4n) is 2.86. The van der Waals surface area contributed by atoms with Crippen LogP contribution in [-0.4, -0.2) is 35.8 Å². The third-order valence-electron chi connectivity index (χ3n) is 4.18. The Morgan fingerprint density at radius 2 is 2.19 bits per heavy atom. The molecule has 1 aliphatic rings. The van der Waals surface area contributed by atoms with Gasteiger partial charge in [0.2, 0.25) is 0 Å². The third kappa shape index (κ3) is 4.00. The van der Waals surface area contributed by atoms with Crippen LogP contribution < -0.4 is 4.74 Å². The Morgan fingerprint density at radius 1 is 1.38 bits per heavy atom. The van der Waals surface area contributed by atoms with Crippen LogP contribution in [0.3, 0.4) is 0 Å². The van der Waals surface area contributed by atoms with E-state index in [2.05, 4.69) is 36.7 Å². The van der Waals surface area contributed by atoms with Gasteiger partial charge in [0.25, 0.3) is 0 Å². The van der Waals surface area contributed by atoms with Gasteiger partial charge < -0.3 is 9.84 Å². The van der Waals surface area contributed by atoms with Crippen LogP contribution in [0.4, 0.5) is 0 Å². The van der Waals surface area contributed by atoms with Crippen LogP contribution in [0, 0.1) is 11.8 Å². The lowest BCUT2D eigenvalue weighted by Gasteiger charge is -2.32. The zero-order valence-corrected chi connectivity index (χ0v) is 13.3. The molecule has 1 heterocycles. The van der Waals surface area contributed by atoms with Crippen molar-refractivity contribution in [1.29, 1.82) is 0 Å². The SMILES string of the molecule is COc1ccc(C#CCCO)cc1CN1CCCC1(C)C. The summed E-state index contributed by atoms with van der Waals surface area (Å²) in [5.74, 6) is 6.99. The lowest BCUT2D eigenvalue weighted by Crippen LogP contribution is -2.37. The fraction of sp³-hybridized carbons (Fsp3) is 0.556. The Balaban J connectivity index is 2.20. The fourth-order valence-corrected chi connectivity index (χ4v) is 2.86. The van der Waals surface area contributed by atoms with Crippen molar-refractivity contribution in [2.75, 3.05) is 20.3 Å². The Morgan fingerprint density at radius 3 is 2.81 bits per heavy atom. The molecule has 0 spiro atoms. The molecule has 1 aliphatic heterocycles. The highest BCUT2D eigenvalue weighted by Crippen LogP contribution is 2.32. The molecule has 2 rings (SSSR count). The minimum Gasteiger partial charge on any atom is -0.496 e. The number of ether oxygens (including phenoxy) is 1. The van der Waals surface area contributed by atoms with Crippen molar-refractivity contribution >= 4 is 0 Å². The molecule has 1 aromatic rings.